The van der Waals surface area contributed by atoms with E-state index in [-0.39, 0.29) is 24.7 Å². The second kappa shape index (κ2) is 10.5. The molecule has 2 unspecified atom stereocenters. The number of rotatable bonds is 8. The molecule has 2 heterocycles. The quantitative estimate of drug-likeness (QED) is 0.543. The number of methoxy groups -OCH3 is 1. The van der Waals surface area contributed by atoms with Gasteiger partial charge in [0.2, 0.25) is 11.8 Å². The van der Waals surface area contributed by atoms with Crippen molar-refractivity contribution >= 4 is 17.8 Å². The van der Waals surface area contributed by atoms with Crippen LogP contribution in [0.2, 0.25) is 0 Å². The second-order valence-electron chi connectivity index (χ2n) is 7.82. The normalized spacial score (nSPS) is 19.1. The van der Waals surface area contributed by atoms with Gasteiger partial charge in [-0.15, -0.1) is 0 Å². The van der Waals surface area contributed by atoms with E-state index < -0.39 is 24.4 Å². The number of nitrogens with one attached hydrogen (secondary N) is 3. The van der Waals surface area contributed by atoms with E-state index in [4.69, 9.17) is 9.47 Å². The molecule has 0 spiro atoms. The monoisotopic (exact) mass is 469 g/mol. The van der Waals surface area contributed by atoms with Gasteiger partial charge in [-0.25, -0.2) is 9.78 Å². The SMILES string of the molecule is CCC(NC(=O)OC1CC[C@H](c2cc(NC(=O)Cc3ccnc(OC)c3)n[nH]2)C1)C(F)(F)F. The van der Waals surface area contributed by atoms with Gasteiger partial charge in [0, 0.05) is 29.9 Å². The number of hydrogen-bond acceptors (Lipinski definition) is 6. The Kier molecular flexibility index (Phi) is 7.77. The molecule has 180 valence electrons. The number of carbonyl (C=O) groups is 2. The molecule has 3 N–H and O–H groups in total. The maximum absolute atomic E-state index is 12.8. The summed E-state index contributed by atoms with van der Waals surface area (Å²) >= 11 is 0. The van der Waals surface area contributed by atoms with Gasteiger partial charge in [-0.3, -0.25) is 9.89 Å². The van der Waals surface area contributed by atoms with Crippen molar-refractivity contribution in [1.82, 2.24) is 20.5 Å². The summed E-state index contributed by atoms with van der Waals surface area (Å²) in [4.78, 5) is 28.2. The zero-order valence-electron chi connectivity index (χ0n) is 18.2. The molecule has 33 heavy (non-hydrogen) atoms. The van der Waals surface area contributed by atoms with Crippen LogP contribution in [0.5, 0.6) is 5.88 Å². The predicted molar refractivity (Wildman–Crippen MR) is 112 cm³/mol. The summed E-state index contributed by atoms with van der Waals surface area (Å²) < 4.78 is 48.6. The Morgan fingerprint density at radius 3 is 2.79 bits per heavy atom. The number of alkyl halides is 3. The molecule has 1 saturated carbocycles. The first-order valence-electron chi connectivity index (χ1n) is 10.6. The summed E-state index contributed by atoms with van der Waals surface area (Å²) in [6.45, 7) is 1.34. The third-order valence-electron chi connectivity index (χ3n) is 5.43. The van der Waals surface area contributed by atoms with Crippen molar-refractivity contribution in [2.75, 3.05) is 12.4 Å². The Bertz CT molecular complexity index is 965. The molecule has 0 aromatic carbocycles. The molecule has 3 atom stereocenters. The molecule has 2 amide bonds. The van der Waals surface area contributed by atoms with Crippen LogP contribution >= 0.6 is 0 Å². The van der Waals surface area contributed by atoms with E-state index in [1.165, 1.54) is 14.0 Å². The van der Waals surface area contributed by atoms with Crippen LogP contribution in [-0.4, -0.2) is 52.6 Å². The van der Waals surface area contributed by atoms with Crippen LogP contribution in [0.1, 0.15) is 49.8 Å². The average Bonchev–Trinajstić information content (AvgIpc) is 3.40. The summed E-state index contributed by atoms with van der Waals surface area (Å²) in [6, 6.07) is 3.15. The third kappa shape index (κ3) is 6.83. The van der Waals surface area contributed by atoms with Gasteiger partial charge in [0.05, 0.1) is 13.5 Å². The highest BCUT2D eigenvalue weighted by Gasteiger charge is 2.40. The molecule has 0 radical (unpaired) electrons. The van der Waals surface area contributed by atoms with Gasteiger partial charge in [-0.1, -0.05) is 6.92 Å². The third-order valence-corrected chi connectivity index (χ3v) is 5.43. The molecular weight excluding hydrogens is 443 g/mol. The molecule has 1 aliphatic carbocycles. The minimum absolute atomic E-state index is 0.0185. The van der Waals surface area contributed by atoms with Crippen LogP contribution in [0, 0.1) is 0 Å². The van der Waals surface area contributed by atoms with Crippen LogP contribution in [0.4, 0.5) is 23.8 Å². The van der Waals surface area contributed by atoms with E-state index in [1.54, 1.807) is 24.4 Å². The zero-order chi connectivity index (χ0) is 24.0. The minimum atomic E-state index is -4.52. The number of carbonyl (C=O) groups excluding carboxylic acids is 2. The topological polar surface area (TPSA) is 118 Å². The Hall–Kier alpha value is -3.31. The highest BCUT2D eigenvalue weighted by Crippen LogP contribution is 2.36. The van der Waals surface area contributed by atoms with Crippen molar-refractivity contribution < 1.29 is 32.2 Å². The smallest absolute Gasteiger partial charge is 0.408 e. The number of ether oxygens (including phenoxy) is 2. The van der Waals surface area contributed by atoms with E-state index in [2.05, 4.69) is 20.5 Å². The zero-order valence-corrected chi connectivity index (χ0v) is 18.2. The number of anilines is 1. The van der Waals surface area contributed by atoms with E-state index >= 15 is 0 Å². The van der Waals surface area contributed by atoms with Crippen molar-refractivity contribution in [3.63, 3.8) is 0 Å². The van der Waals surface area contributed by atoms with Crippen molar-refractivity contribution in [2.45, 2.75) is 63.3 Å². The number of pyridine rings is 1. The number of alkyl carbamates (subject to hydrolysis) is 1. The number of H-pyrrole nitrogens is 1. The van der Waals surface area contributed by atoms with Crippen LogP contribution in [0.25, 0.3) is 0 Å². The number of aromatic amines is 1. The molecule has 9 nitrogen and oxygen atoms in total. The molecule has 0 saturated heterocycles. The minimum Gasteiger partial charge on any atom is -0.481 e. The van der Waals surface area contributed by atoms with Crippen molar-refractivity contribution in [2.24, 2.45) is 0 Å². The Balaban J connectivity index is 1.48. The van der Waals surface area contributed by atoms with Crippen molar-refractivity contribution in [1.29, 1.82) is 0 Å². The molecule has 12 heteroatoms. The molecule has 3 rings (SSSR count). The van der Waals surface area contributed by atoms with Gasteiger partial charge >= 0.3 is 12.3 Å². The van der Waals surface area contributed by atoms with Gasteiger partial charge in [0.25, 0.3) is 0 Å². The summed E-state index contributed by atoms with van der Waals surface area (Å²) in [6.07, 6.45) is -3.06. The first-order valence-corrected chi connectivity index (χ1v) is 10.6. The standard InChI is InChI=1S/C21H26F3N5O4/c1-3-16(21(22,23)24)26-20(31)33-14-5-4-13(10-14)15-11-17(29-28-15)27-18(30)8-12-6-7-25-19(9-12)32-2/h6-7,9,11,13-14,16H,3-5,8,10H2,1-2H3,(H,26,31)(H2,27,28,29,30)/t13-,14?,16?/m0/s1. The molecular formula is C21H26F3N5O4. The van der Waals surface area contributed by atoms with Crippen LogP contribution in [0.15, 0.2) is 24.4 Å². The lowest BCUT2D eigenvalue weighted by molar-refractivity contribution is -0.155. The maximum Gasteiger partial charge on any atom is 0.408 e. The van der Waals surface area contributed by atoms with Gasteiger partial charge in [-0.2, -0.15) is 18.3 Å². The van der Waals surface area contributed by atoms with Crippen molar-refractivity contribution in [3.8, 4) is 5.88 Å². The van der Waals surface area contributed by atoms with E-state index in [1.807, 2.05) is 5.32 Å². The van der Waals surface area contributed by atoms with Gasteiger partial charge < -0.3 is 20.1 Å². The highest BCUT2D eigenvalue weighted by molar-refractivity contribution is 5.91. The van der Waals surface area contributed by atoms with E-state index in [9.17, 15) is 22.8 Å². The summed E-state index contributed by atoms with van der Waals surface area (Å²) in [5.41, 5.74) is 1.49. The predicted octanol–water partition coefficient (Wildman–Crippen LogP) is 3.70. The van der Waals surface area contributed by atoms with Crippen LogP contribution in [0.3, 0.4) is 0 Å². The van der Waals surface area contributed by atoms with E-state index in [0.29, 0.717) is 31.0 Å². The molecule has 1 fully saturated rings. The van der Waals surface area contributed by atoms with Gasteiger partial charge in [0.1, 0.15) is 12.1 Å². The first kappa shape index (κ1) is 24.3. The Morgan fingerprint density at radius 2 is 2.09 bits per heavy atom. The lowest BCUT2D eigenvalue weighted by Gasteiger charge is -2.21. The number of halogens is 3. The highest BCUT2D eigenvalue weighted by atomic mass is 19.4. The van der Waals surface area contributed by atoms with Crippen molar-refractivity contribution in [3.05, 3.63) is 35.7 Å². The fraction of sp³-hybridized carbons (Fsp3) is 0.524. The molecule has 0 aliphatic heterocycles. The number of nitrogens with zero attached hydrogens (tertiary/aromatic N) is 2. The number of aromatic nitrogens is 3. The Morgan fingerprint density at radius 1 is 1.30 bits per heavy atom. The summed E-state index contributed by atoms with van der Waals surface area (Å²) in [5, 5.41) is 11.6. The fourth-order valence-corrected chi connectivity index (χ4v) is 3.73. The summed E-state index contributed by atoms with van der Waals surface area (Å²) in [7, 11) is 1.49. The second-order valence-corrected chi connectivity index (χ2v) is 7.82. The lowest BCUT2D eigenvalue weighted by atomic mass is 10.0. The molecule has 2 aromatic heterocycles. The molecule has 1 aliphatic rings. The average molecular weight is 469 g/mol. The summed E-state index contributed by atoms with van der Waals surface area (Å²) in [5.74, 6) is 0.488. The van der Waals surface area contributed by atoms with Crippen LogP contribution < -0.4 is 15.4 Å². The van der Waals surface area contributed by atoms with Gasteiger partial charge in [-0.05, 0) is 37.3 Å². The largest absolute Gasteiger partial charge is 0.481 e. The number of hydrogen-bond donors (Lipinski definition) is 3. The molecule has 2 aromatic rings. The lowest BCUT2D eigenvalue weighted by Crippen LogP contribution is -2.45. The molecule has 0 bridgehead atoms. The number of amides is 2. The van der Waals surface area contributed by atoms with Crippen LogP contribution in [-0.2, 0) is 16.0 Å². The first-order chi connectivity index (χ1) is 15.7. The maximum atomic E-state index is 12.8. The Labute approximate surface area is 188 Å². The fourth-order valence-electron chi connectivity index (χ4n) is 3.73. The van der Waals surface area contributed by atoms with E-state index in [0.717, 1.165) is 11.3 Å². The van der Waals surface area contributed by atoms with Gasteiger partial charge in [0.15, 0.2) is 5.82 Å².